The first-order valence-corrected chi connectivity index (χ1v) is 3.20. The summed E-state index contributed by atoms with van der Waals surface area (Å²) in [6, 6.07) is 0. The Morgan fingerprint density at radius 3 is 3.00 bits per heavy atom. The number of aliphatic imine (C=N–C) groups is 3. The van der Waals surface area contributed by atoms with Crippen molar-refractivity contribution in [3.8, 4) is 0 Å². The van der Waals surface area contributed by atoms with Crippen LogP contribution in [0.2, 0.25) is 0 Å². The number of hydrogen-bond donors (Lipinski definition) is 0. The molecule has 0 atom stereocenters. The first-order chi connectivity index (χ1) is 5.27. The minimum absolute atomic E-state index is 0.245. The van der Waals surface area contributed by atoms with E-state index in [4.69, 9.17) is 0 Å². The van der Waals surface area contributed by atoms with Crippen LogP contribution >= 0.6 is 0 Å². The SMILES string of the molecule is CC1=NC(=O)C2=CC=NC2=N1. The molecule has 0 spiro atoms. The number of carbonyl (C=O) groups excluding carboxylic acids is 1. The third-order valence-corrected chi connectivity index (χ3v) is 1.44. The molecule has 2 aliphatic heterocycles. The van der Waals surface area contributed by atoms with Crippen molar-refractivity contribution in [3.05, 3.63) is 11.6 Å². The van der Waals surface area contributed by atoms with Gasteiger partial charge in [0, 0.05) is 6.21 Å². The summed E-state index contributed by atoms with van der Waals surface area (Å²) >= 11 is 0. The van der Waals surface area contributed by atoms with Gasteiger partial charge in [0.2, 0.25) is 0 Å². The Bertz CT molecular complexity index is 347. The van der Waals surface area contributed by atoms with E-state index in [9.17, 15) is 4.79 Å². The summed E-state index contributed by atoms with van der Waals surface area (Å²) in [7, 11) is 0. The van der Waals surface area contributed by atoms with E-state index in [0.29, 0.717) is 17.2 Å². The van der Waals surface area contributed by atoms with Crippen LogP contribution in [0.4, 0.5) is 0 Å². The maximum Gasteiger partial charge on any atom is 0.282 e. The van der Waals surface area contributed by atoms with Gasteiger partial charge in [-0.25, -0.2) is 9.98 Å². The molecule has 0 N–H and O–H groups in total. The third kappa shape index (κ3) is 0.832. The van der Waals surface area contributed by atoms with Crippen LogP contribution in [-0.4, -0.2) is 23.8 Å². The number of amides is 1. The smallest absolute Gasteiger partial charge is 0.267 e. The minimum Gasteiger partial charge on any atom is -0.267 e. The van der Waals surface area contributed by atoms with Gasteiger partial charge in [0.05, 0.1) is 5.57 Å². The number of fused-ring (bicyclic) bond motifs is 1. The molecule has 4 heteroatoms. The van der Waals surface area contributed by atoms with Crippen molar-refractivity contribution < 1.29 is 4.79 Å². The van der Waals surface area contributed by atoms with E-state index in [2.05, 4.69) is 15.0 Å². The molecule has 0 fully saturated rings. The molecule has 0 aliphatic carbocycles. The molecule has 0 aromatic rings. The fraction of sp³-hybridized carbons (Fsp3) is 0.143. The van der Waals surface area contributed by atoms with Crippen molar-refractivity contribution in [1.29, 1.82) is 0 Å². The zero-order valence-corrected chi connectivity index (χ0v) is 5.90. The maximum absolute atomic E-state index is 11.1. The van der Waals surface area contributed by atoms with Crippen molar-refractivity contribution in [1.82, 2.24) is 0 Å². The third-order valence-electron chi connectivity index (χ3n) is 1.44. The molecule has 0 saturated heterocycles. The second-order valence-electron chi connectivity index (χ2n) is 2.26. The molecule has 2 aliphatic rings. The summed E-state index contributed by atoms with van der Waals surface area (Å²) in [4.78, 5) is 22.6. The second-order valence-corrected chi connectivity index (χ2v) is 2.26. The highest BCUT2D eigenvalue weighted by Gasteiger charge is 2.21. The molecule has 1 amide bonds. The Labute approximate surface area is 63.1 Å². The zero-order chi connectivity index (χ0) is 7.84. The predicted molar refractivity (Wildman–Crippen MR) is 42.1 cm³/mol. The molecule has 0 aromatic carbocycles. The van der Waals surface area contributed by atoms with Crippen LogP contribution in [0.3, 0.4) is 0 Å². The topological polar surface area (TPSA) is 54.1 Å². The number of carbonyl (C=O) groups is 1. The Balaban J connectivity index is 2.54. The summed E-state index contributed by atoms with van der Waals surface area (Å²) in [5.74, 6) is 0.716. The molecule has 0 bridgehead atoms. The molecular weight excluding hydrogens is 142 g/mol. The highest BCUT2D eigenvalue weighted by Crippen LogP contribution is 2.12. The quantitative estimate of drug-likeness (QED) is 0.487. The monoisotopic (exact) mass is 147 g/mol. The number of nitrogens with zero attached hydrogens (tertiary/aromatic N) is 3. The highest BCUT2D eigenvalue weighted by atomic mass is 16.1. The van der Waals surface area contributed by atoms with Gasteiger partial charge in [0.15, 0.2) is 5.84 Å². The first-order valence-electron chi connectivity index (χ1n) is 3.20. The lowest BCUT2D eigenvalue weighted by atomic mass is 10.2. The fourth-order valence-corrected chi connectivity index (χ4v) is 0.968. The predicted octanol–water partition coefficient (Wildman–Crippen LogP) is 0.354. The molecule has 4 nitrogen and oxygen atoms in total. The van der Waals surface area contributed by atoms with E-state index >= 15 is 0 Å². The van der Waals surface area contributed by atoms with Crippen LogP contribution < -0.4 is 0 Å². The van der Waals surface area contributed by atoms with Crippen molar-refractivity contribution in [3.63, 3.8) is 0 Å². The van der Waals surface area contributed by atoms with Gasteiger partial charge in [-0.3, -0.25) is 4.79 Å². The van der Waals surface area contributed by atoms with Crippen molar-refractivity contribution in [2.45, 2.75) is 6.92 Å². The van der Waals surface area contributed by atoms with E-state index < -0.39 is 0 Å². The lowest BCUT2D eigenvalue weighted by Crippen LogP contribution is -2.14. The van der Waals surface area contributed by atoms with E-state index in [1.165, 1.54) is 0 Å². The summed E-state index contributed by atoms with van der Waals surface area (Å²) in [6.45, 7) is 1.68. The number of rotatable bonds is 0. The van der Waals surface area contributed by atoms with Crippen LogP contribution in [0.1, 0.15) is 6.92 Å². The highest BCUT2D eigenvalue weighted by molar-refractivity contribution is 6.32. The van der Waals surface area contributed by atoms with E-state index in [0.717, 1.165) is 0 Å². The number of amidine groups is 2. The summed E-state index contributed by atoms with van der Waals surface area (Å²) in [5, 5.41) is 0. The molecule has 0 unspecified atom stereocenters. The van der Waals surface area contributed by atoms with Gasteiger partial charge in [0.1, 0.15) is 5.84 Å². The molecule has 0 saturated carbocycles. The Morgan fingerprint density at radius 1 is 1.36 bits per heavy atom. The summed E-state index contributed by atoms with van der Waals surface area (Å²) < 4.78 is 0. The Kier molecular flexibility index (Phi) is 1.09. The molecule has 0 radical (unpaired) electrons. The Hall–Kier alpha value is -1.58. The van der Waals surface area contributed by atoms with Crippen molar-refractivity contribution in [2.75, 3.05) is 0 Å². The first kappa shape index (κ1) is 6.15. The normalized spacial score (nSPS) is 20.8. The lowest BCUT2D eigenvalue weighted by molar-refractivity contribution is -0.113. The molecule has 2 heterocycles. The van der Waals surface area contributed by atoms with Gasteiger partial charge >= 0.3 is 0 Å². The van der Waals surface area contributed by atoms with Gasteiger partial charge in [0.25, 0.3) is 5.91 Å². The average Bonchev–Trinajstić information content (AvgIpc) is 2.34. The van der Waals surface area contributed by atoms with Gasteiger partial charge in [-0.1, -0.05) is 0 Å². The van der Waals surface area contributed by atoms with Crippen LogP contribution in [0, 0.1) is 0 Å². The van der Waals surface area contributed by atoms with Gasteiger partial charge in [-0.05, 0) is 13.0 Å². The Morgan fingerprint density at radius 2 is 2.18 bits per heavy atom. The van der Waals surface area contributed by atoms with E-state index in [1.54, 1.807) is 19.2 Å². The second kappa shape index (κ2) is 1.95. The molecule has 54 valence electrons. The maximum atomic E-state index is 11.1. The number of allylic oxidation sites excluding steroid dienone is 1. The van der Waals surface area contributed by atoms with Gasteiger partial charge in [-0.2, -0.15) is 4.99 Å². The molecule has 0 aromatic heterocycles. The van der Waals surface area contributed by atoms with E-state index in [-0.39, 0.29) is 5.91 Å². The fourth-order valence-electron chi connectivity index (χ4n) is 0.968. The van der Waals surface area contributed by atoms with Crippen LogP contribution in [-0.2, 0) is 4.79 Å². The van der Waals surface area contributed by atoms with Crippen molar-refractivity contribution >= 4 is 23.8 Å². The van der Waals surface area contributed by atoms with Crippen LogP contribution in [0.15, 0.2) is 26.6 Å². The average molecular weight is 147 g/mol. The van der Waals surface area contributed by atoms with Gasteiger partial charge < -0.3 is 0 Å². The molecule has 11 heavy (non-hydrogen) atoms. The van der Waals surface area contributed by atoms with Crippen LogP contribution in [0.25, 0.3) is 0 Å². The molecule has 2 rings (SSSR count). The van der Waals surface area contributed by atoms with Crippen molar-refractivity contribution in [2.24, 2.45) is 15.0 Å². The standard InChI is InChI=1S/C7H5N3O/c1-4-9-6-5(2-3-8-6)7(11)10-4/h2-3H,1H3. The number of hydrogen-bond acceptors (Lipinski definition) is 3. The molecular formula is C7H5N3O. The van der Waals surface area contributed by atoms with Gasteiger partial charge in [-0.15, -0.1) is 0 Å². The van der Waals surface area contributed by atoms with Crippen LogP contribution in [0.5, 0.6) is 0 Å². The summed E-state index contributed by atoms with van der Waals surface area (Å²) in [5.41, 5.74) is 0.496. The zero-order valence-electron chi connectivity index (χ0n) is 5.90. The lowest BCUT2D eigenvalue weighted by Gasteiger charge is -2.03. The minimum atomic E-state index is -0.245. The largest absolute Gasteiger partial charge is 0.282 e. The van der Waals surface area contributed by atoms with E-state index in [1.807, 2.05) is 0 Å². The summed E-state index contributed by atoms with van der Waals surface area (Å²) in [6.07, 6.45) is 3.18.